The van der Waals surface area contributed by atoms with Gasteiger partial charge in [-0.25, -0.2) is 4.98 Å². The molecule has 0 bridgehead atoms. The van der Waals surface area contributed by atoms with Gasteiger partial charge in [0.05, 0.1) is 4.88 Å². The predicted molar refractivity (Wildman–Crippen MR) is 110 cm³/mol. The van der Waals surface area contributed by atoms with Gasteiger partial charge in [-0.3, -0.25) is 4.79 Å². The molecular formula is C20H27N5OS. The fourth-order valence-corrected chi connectivity index (χ4v) is 4.64. The maximum atomic E-state index is 12.7. The highest BCUT2D eigenvalue weighted by molar-refractivity contribution is 7.12. The summed E-state index contributed by atoms with van der Waals surface area (Å²) in [5.41, 5.74) is 2.16. The fourth-order valence-electron chi connectivity index (χ4n) is 3.77. The first-order valence-corrected chi connectivity index (χ1v) is 10.7. The van der Waals surface area contributed by atoms with Gasteiger partial charge in [-0.05, 0) is 50.1 Å². The largest absolute Gasteiger partial charge is 0.353 e. The van der Waals surface area contributed by atoms with Gasteiger partial charge in [-0.1, -0.05) is 0 Å². The van der Waals surface area contributed by atoms with E-state index < -0.39 is 0 Å². The zero-order valence-corrected chi connectivity index (χ0v) is 17.0. The van der Waals surface area contributed by atoms with Crippen molar-refractivity contribution < 1.29 is 4.79 Å². The van der Waals surface area contributed by atoms with Crippen LogP contribution in [0, 0.1) is 13.8 Å². The number of aryl methyl sites for hydroxylation is 2. The molecule has 0 unspecified atom stereocenters. The van der Waals surface area contributed by atoms with E-state index in [4.69, 9.17) is 4.98 Å². The summed E-state index contributed by atoms with van der Waals surface area (Å²) in [6.45, 7) is 9.25. The second kappa shape index (κ2) is 7.84. The number of hydrogen-bond acceptors (Lipinski definition) is 6. The number of nitrogens with zero attached hydrogens (tertiary/aromatic N) is 5. The van der Waals surface area contributed by atoms with Crippen LogP contribution in [0.25, 0.3) is 0 Å². The number of aromatic nitrogens is 2. The van der Waals surface area contributed by atoms with Crippen molar-refractivity contribution in [3.8, 4) is 0 Å². The zero-order chi connectivity index (χ0) is 18.8. The van der Waals surface area contributed by atoms with Gasteiger partial charge in [0.25, 0.3) is 5.91 Å². The van der Waals surface area contributed by atoms with Crippen molar-refractivity contribution in [1.82, 2.24) is 14.9 Å². The van der Waals surface area contributed by atoms with Gasteiger partial charge in [-0.2, -0.15) is 4.98 Å². The van der Waals surface area contributed by atoms with E-state index in [1.807, 2.05) is 30.2 Å². The van der Waals surface area contributed by atoms with E-state index in [-0.39, 0.29) is 5.91 Å². The second-order valence-corrected chi connectivity index (χ2v) is 8.39. The third-order valence-corrected chi connectivity index (χ3v) is 6.34. The van der Waals surface area contributed by atoms with Crippen LogP contribution >= 0.6 is 11.3 Å². The molecule has 1 amide bonds. The highest BCUT2D eigenvalue weighted by Crippen LogP contribution is 2.23. The van der Waals surface area contributed by atoms with E-state index in [0.29, 0.717) is 0 Å². The minimum absolute atomic E-state index is 0.153. The number of anilines is 2. The molecule has 2 saturated heterocycles. The molecule has 2 fully saturated rings. The summed E-state index contributed by atoms with van der Waals surface area (Å²) >= 11 is 1.54. The van der Waals surface area contributed by atoms with Crippen molar-refractivity contribution in [3.05, 3.63) is 33.6 Å². The van der Waals surface area contributed by atoms with Crippen molar-refractivity contribution in [3.63, 3.8) is 0 Å². The third kappa shape index (κ3) is 4.08. The van der Waals surface area contributed by atoms with Crippen LogP contribution in [-0.4, -0.2) is 60.0 Å². The lowest BCUT2D eigenvalue weighted by molar-refractivity contribution is 0.0751. The quantitative estimate of drug-likeness (QED) is 0.813. The number of piperidine rings is 1. The van der Waals surface area contributed by atoms with E-state index in [0.717, 1.165) is 67.2 Å². The number of carbonyl (C=O) groups excluding carboxylic acids is 1. The Morgan fingerprint density at radius 1 is 0.926 bits per heavy atom. The molecule has 2 aromatic rings. The molecule has 0 aliphatic carbocycles. The van der Waals surface area contributed by atoms with E-state index >= 15 is 0 Å². The number of amides is 1. The van der Waals surface area contributed by atoms with Crippen LogP contribution in [0.2, 0.25) is 0 Å². The normalized spacial score (nSPS) is 18.1. The molecule has 0 N–H and O–H groups in total. The van der Waals surface area contributed by atoms with Crippen LogP contribution < -0.4 is 9.80 Å². The average Bonchev–Trinajstić information content (AvgIpc) is 3.14. The topological polar surface area (TPSA) is 52.6 Å². The summed E-state index contributed by atoms with van der Waals surface area (Å²) in [6, 6.07) is 4.05. The molecule has 144 valence electrons. The molecule has 4 heterocycles. The second-order valence-electron chi connectivity index (χ2n) is 7.48. The monoisotopic (exact) mass is 385 g/mol. The molecule has 4 rings (SSSR count). The van der Waals surface area contributed by atoms with Crippen LogP contribution in [0.4, 0.5) is 11.8 Å². The molecular weight excluding hydrogens is 358 g/mol. The van der Waals surface area contributed by atoms with E-state index in [1.165, 1.54) is 30.6 Å². The summed E-state index contributed by atoms with van der Waals surface area (Å²) in [4.78, 5) is 29.6. The summed E-state index contributed by atoms with van der Waals surface area (Å²) in [6.07, 6.45) is 3.74. The number of thiophene rings is 1. The molecule has 0 atom stereocenters. The molecule has 0 radical (unpaired) electrons. The maximum absolute atomic E-state index is 12.7. The van der Waals surface area contributed by atoms with Crippen molar-refractivity contribution >= 4 is 29.0 Å². The van der Waals surface area contributed by atoms with Gasteiger partial charge < -0.3 is 14.7 Å². The Morgan fingerprint density at radius 3 is 2.33 bits per heavy atom. The number of carbonyl (C=O) groups is 1. The Kier molecular flexibility index (Phi) is 5.29. The average molecular weight is 386 g/mol. The third-order valence-electron chi connectivity index (χ3n) is 5.30. The molecule has 27 heavy (non-hydrogen) atoms. The Balaban J connectivity index is 1.43. The number of rotatable bonds is 3. The Hall–Kier alpha value is -2.15. The highest BCUT2D eigenvalue weighted by Gasteiger charge is 2.25. The number of piperazine rings is 1. The predicted octanol–water partition coefficient (Wildman–Crippen LogP) is 3.11. The molecule has 0 saturated carbocycles. The maximum Gasteiger partial charge on any atom is 0.264 e. The zero-order valence-electron chi connectivity index (χ0n) is 16.1. The van der Waals surface area contributed by atoms with Gasteiger partial charge in [0.1, 0.15) is 5.82 Å². The summed E-state index contributed by atoms with van der Waals surface area (Å²) in [7, 11) is 0. The molecule has 2 aliphatic heterocycles. The van der Waals surface area contributed by atoms with Crippen LogP contribution in [0.15, 0.2) is 17.5 Å². The van der Waals surface area contributed by atoms with Crippen LogP contribution in [0.1, 0.15) is 40.2 Å². The molecule has 0 spiro atoms. The minimum Gasteiger partial charge on any atom is -0.353 e. The van der Waals surface area contributed by atoms with Crippen molar-refractivity contribution in [1.29, 1.82) is 0 Å². The van der Waals surface area contributed by atoms with Crippen molar-refractivity contribution in [2.45, 2.75) is 33.1 Å². The molecule has 6 nitrogen and oxygen atoms in total. The highest BCUT2D eigenvalue weighted by atomic mass is 32.1. The lowest BCUT2D eigenvalue weighted by atomic mass is 10.1. The first-order valence-electron chi connectivity index (χ1n) is 9.80. The lowest BCUT2D eigenvalue weighted by Gasteiger charge is -2.36. The van der Waals surface area contributed by atoms with Crippen LogP contribution in [0.3, 0.4) is 0 Å². The van der Waals surface area contributed by atoms with E-state index in [9.17, 15) is 4.79 Å². The summed E-state index contributed by atoms with van der Waals surface area (Å²) in [5.74, 6) is 2.00. The smallest absolute Gasteiger partial charge is 0.264 e. The van der Waals surface area contributed by atoms with Crippen LogP contribution in [0.5, 0.6) is 0 Å². The fraction of sp³-hybridized carbons (Fsp3) is 0.550. The molecule has 2 aliphatic rings. The lowest BCUT2D eigenvalue weighted by Crippen LogP contribution is -2.49. The molecule has 2 aromatic heterocycles. The summed E-state index contributed by atoms with van der Waals surface area (Å²) < 4.78 is 0. The first-order chi connectivity index (χ1) is 13.1. The van der Waals surface area contributed by atoms with Gasteiger partial charge >= 0.3 is 0 Å². The molecule has 7 heteroatoms. The Bertz CT molecular complexity index is 806. The van der Waals surface area contributed by atoms with Gasteiger partial charge in [-0.15, -0.1) is 11.3 Å². The Morgan fingerprint density at radius 2 is 1.67 bits per heavy atom. The van der Waals surface area contributed by atoms with E-state index in [1.54, 1.807) is 0 Å². The number of hydrogen-bond donors (Lipinski definition) is 0. The van der Waals surface area contributed by atoms with Crippen LogP contribution in [-0.2, 0) is 0 Å². The minimum atomic E-state index is 0.153. The summed E-state index contributed by atoms with van der Waals surface area (Å²) in [5, 5.41) is 2.04. The van der Waals surface area contributed by atoms with Gasteiger partial charge in [0.15, 0.2) is 0 Å². The Labute approximate surface area is 164 Å². The standard InChI is InChI=1S/C20H27N5OS/c1-15-12-17(27-14-15)19(26)24-10-8-23(9-11-24)18-13-16(2)21-20(22-18)25-6-4-3-5-7-25/h12-14H,3-11H2,1-2H3. The first kappa shape index (κ1) is 18.2. The van der Waals surface area contributed by atoms with Crippen molar-refractivity contribution in [2.75, 3.05) is 49.1 Å². The van der Waals surface area contributed by atoms with Gasteiger partial charge in [0, 0.05) is 51.0 Å². The van der Waals surface area contributed by atoms with Gasteiger partial charge in [0.2, 0.25) is 5.95 Å². The van der Waals surface area contributed by atoms with E-state index in [2.05, 4.69) is 20.9 Å². The molecule has 0 aromatic carbocycles. The SMILES string of the molecule is Cc1csc(C(=O)N2CCN(c3cc(C)nc(N4CCCCC4)n3)CC2)c1. The van der Waals surface area contributed by atoms with Crippen molar-refractivity contribution in [2.24, 2.45) is 0 Å².